The molecule has 0 aliphatic rings. The summed E-state index contributed by atoms with van der Waals surface area (Å²) in [5, 5.41) is 3.72. The second-order valence-electron chi connectivity index (χ2n) is 5.45. The van der Waals surface area contributed by atoms with Gasteiger partial charge in [0.05, 0.1) is 5.52 Å². The van der Waals surface area contributed by atoms with Crippen molar-refractivity contribution in [1.29, 1.82) is 0 Å². The molecule has 0 fully saturated rings. The second-order valence-corrected chi connectivity index (χ2v) is 5.45. The minimum Gasteiger partial charge on any atom is -0.373 e. The maximum absolute atomic E-state index is 14.1. The van der Waals surface area contributed by atoms with Crippen LogP contribution < -0.4 is 5.32 Å². The predicted octanol–water partition coefficient (Wildman–Crippen LogP) is 4.84. The fraction of sp³-hybridized carbons (Fsp3) is 0.0500. The van der Waals surface area contributed by atoms with Gasteiger partial charge in [0.1, 0.15) is 23.1 Å². The molecule has 1 heterocycles. The Kier molecular flexibility index (Phi) is 4.84. The summed E-state index contributed by atoms with van der Waals surface area (Å²) < 4.78 is 27.3. The summed E-state index contributed by atoms with van der Waals surface area (Å²) >= 11 is 0. The van der Waals surface area contributed by atoms with Gasteiger partial charge < -0.3 is 5.32 Å². The third kappa shape index (κ3) is 3.21. The van der Waals surface area contributed by atoms with Crippen molar-refractivity contribution in [2.75, 3.05) is 12.4 Å². The monoisotopic (exact) mass is 350 g/mol. The fourth-order valence-corrected chi connectivity index (χ4v) is 2.63. The van der Waals surface area contributed by atoms with E-state index in [2.05, 4.69) is 33.6 Å². The highest BCUT2D eigenvalue weighted by atomic mass is 19.1. The molecule has 0 radical (unpaired) electrons. The van der Waals surface area contributed by atoms with Crippen LogP contribution in [0, 0.1) is 11.6 Å². The molecule has 0 atom stereocenters. The largest absolute Gasteiger partial charge is 0.373 e. The van der Waals surface area contributed by atoms with Crippen molar-refractivity contribution >= 4 is 29.1 Å². The van der Waals surface area contributed by atoms with E-state index in [1.165, 1.54) is 12.1 Å². The topological polar surface area (TPSA) is 50.2 Å². The van der Waals surface area contributed by atoms with Gasteiger partial charge in [0.25, 0.3) is 0 Å². The normalized spacial score (nSPS) is 11.4. The van der Waals surface area contributed by atoms with Gasteiger partial charge in [-0.05, 0) is 42.6 Å². The fourth-order valence-electron chi connectivity index (χ4n) is 2.63. The number of hydrogen-bond acceptors (Lipinski definition) is 4. The quantitative estimate of drug-likeness (QED) is 0.529. The summed E-state index contributed by atoms with van der Waals surface area (Å²) in [7, 11) is 1.73. The second kappa shape index (κ2) is 7.23. The number of aromatic nitrogens is 2. The van der Waals surface area contributed by atoms with Crippen molar-refractivity contribution in [1.82, 2.24) is 9.97 Å². The Bertz CT molecular complexity index is 1040. The molecule has 0 amide bonds. The zero-order chi connectivity index (χ0) is 18.7. The Labute approximate surface area is 149 Å². The van der Waals surface area contributed by atoms with Crippen LogP contribution in [0.4, 0.5) is 14.6 Å². The Morgan fingerprint density at radius 2 is 1.96 bits per heavy atom. The zero-order valence-corrected chi connectivity index (χ0v) is 14.1. The molecular formula is C20H16F2N4. The molecule has 1 aromatic heterocycles. The summed E-state index contributed by atoms with van der Waals surface area (Å²) in [6, 6.07) is 8.75. The van der Waals surface area contributed by atoms with Crippen molar-refractivity contribution in [2.24, 2.45) is 4.99 Å². The Hall–Kier alpha value is -3.41. The number of aliphatic imine (C=N–C) groups is 1. The van der Waals surface area contributed by atoms with Gasteiger partial charge >= 0.3 is 0 Å². The van der Waals surface area contributed by atoms with Crippen LogP contribution in [0.1, 0.15) is 5.82 Å². The molecule has 3 rings (SSSR count). The number of halogens is 2. The molecule has 0 aliphatic carbocycles. The highest BCUT2D eigenvalue weighted by molar-refractivity contribution is 5.93. The van der Waals surface area contributed by atoms with Gasteiger partial charge in [-0.1, -0.05) is 18.7 Å². The van der Waals surface area contributed by atoms with Crippen molar-refractivity contribution in [2.45, 2.75) is 0 Å². The van der Waals surface area contributed by atoms with Gasteiger partial charge in [0.15, 0.2) is 5.82 Å². The van der Waals surface area contributed by atoms with Gasteiger partial charge in [-0.3, -0.25) is 4.99 Å². The van der Waals surface area contributed by atoms with Crippen molar-refractivity contribution in [3.63, 3.8) is 0 Å². The molecule has 0 unspecified atom stereocenters. The van der Waals surface area contributed by atoms with Crippen LogP contribution in [0.5, 0.6) is 0 Å². The lowest BCUT2D eigenvalue weighted by molar-refractivity contribution is 0.585. The predicted molar refractivity (Wildman–Crippen MR) is 102 cm³/mol. The van der Waals surface area contributed by atoms with Crippen molar-refractivity contribution < 1.29 is 8.78 Å². The minimum absolute atomic E-state index is 0.305. The molecule has 3 aromatic rings. The lowest BCUT2D eigenvalue weighted by atomic mass is 10.0. The van der Waals surface area contributed by atoms with Crippen molar-refractivity contribution in [3.8, 4) is 11.1 Å². The van der Waals surface area contributed by atoms with E-state index in [1.54, 1.807) is 37.4 Å². The number of rotatable bonds is 5. The van der Waals surface area contributed by atoms with Crippen LogP contribution in [-0.4, -0.2) is 23.7 Å². The molecule has 0 saturated heterocycles. The third-order valence-corrected chi connectivity index (χ3v) is 3.85. The highest BCUT2D eigenvalue weighted by Crippen LogP contribution is 2.30. The van der Waals surface area contributed by atoms with Gasteiger partial charge in [-0.2, -0.15) is 0 Å². The summed E-state index contributed by atoms with van der Waals surface area (Å²) in [6.45, 7) is 7.16. The Morgan fingerprint density at radius 3 is 2.62 bits per heavy atom. The van der Waals surface area contributed by atoms with Gasteiger partial charge in [-0.25, -0.2) is 18.7 Å². The smallest absolute Gasteiger partial charge is 0.180 e. The zero-order valence-electron chi connectivity index (χ0n) is 14.1. The molecule has 0 saturated carbocycles. The molecule has 0 aliphatic heterocycles. The number of allylic oxidation sites excluding steroid dienone is 2. The average molecular weight is 350 g/mol. The van der Waals surface area contributed by atoms with E-state index in [9.17, 15) is 8.78 Å². The first-order valence-electron chi connectivity index (χ1n) is 7.82. The number of fused-ring (bicyclic) bond motifs is 1. The maximum Gasteiger partial charge on any atom is 0.180 e. The first-order valence-corrected chi connectivity index (χ1v) is 7.82. The van der Waals surface area contributed by atoms with Crippen LogP contribution in [0.25, 0.3) is 27.7 Å². The summed E-state index contributed by atoms with van der Waals surface area (Å²) in [5.41, 5.74) is 2.06. The van der Waals surface area contributed by atoms with Crippen LogP contribution in [-0.2, 0) is 0 Å². The average Bonchev–Trinajstić information content (AvgIpc) is 2.65. The molecule has 1 N–H and O–H groups in total. The minimum atomic E-state index is -0.625. The van der Waals surface area contributed by atoms with Crippen LogP contribution in [0.2, 0.25) is 0 Å². The first kappa shape index (κ1) is 17.4. The van der Waals surface area contributed by atoms with E-state index < -0.39 is 11.6 Å². The number of nitrogens with zero attached hydrogens (tertiary/aromatic N) is 3. The van der Waals surface area contributed by atoms with Crippen LogP contribution in [0.3, 0.4) is 0 Å². The van der Waals surface area contributed by atoms with E-state index >= 15 is 0 Å². The maximum atomic E-state index is 14.1. The van der Waals surface area contributed by atoms with E-state index in [1.807, 2.05) is 0 Å². The standard InChI is InChI=1S/C20H16F2N4/c1-4-5-18(23-2)20-25-17-9-6-12(10-15(17)19(24-3)26-20)14-8-7-13(21)11-16(14)22/h4-11H,1-2H2,3H3,(H,24,25,26)/b18-5-. The Morgan fingerprint density at radius 1 is 1.15 bits per heavy atom. The molecule has 0 bridgehead atoms. The summed E-state index contributed by atoms with van der Waals surface area (Å²) in [5.74, 6) is -0.278. The number of anilines is 1. The molecular weight excluding hydrogens is 334 g/mol. The number of benzene rings is 2. The van der Waals surface area contributed by atoms with Crippen LogP contribution >= 0.6 is 0 Å². The van der Waals surface area contributed by atoms with E-state index in [-0.39, 0.29) is 0 Å². The first-order chi connectivity index (χ1) is 12.6. The Balaban J connectivity index is 2.20. The van der Waals surface area contributed by atoms with E-state index in [0.29, 0.717) is 39.4 Å². The highest BCUT2D eigenvalue weighted by Gasteiger charge is 2.12. The van der Waals surface area contributed by atoms with Crippen molar-refractivity contribution in [3.05, 3.63) is 72.6 Å². The summed E-state index contributed by atoms with van der Waals surface area (Å²) in [4.78, 5) is 12.9. The van der Waals surface area contributed by atoms with E-state index in [0.717, 1.165) is 6.07 Å². The van der Waals surface area contributed by atoms with Crippen LogP contribution in [0.15, 0.2) is 60.1 Å². The van der Waals surface area contributed by atoms with Gasteiger partial charge in [-0.15, -0.1) is 0 Å². The van der Waals surface area contributed by atoms with Gasteiger partial charge in [0, 0.05) is 24.1 Å². The molecule has 2 aromatic carbocycles. The molecule has 4 nitrogen and oxygen atoms in total. The SMILES string of the molecule is C=C/C=C(\N=C)c1nc(NC)c2cc(-c3ccc(F)cc3F)ccc2n1. The molecule has 0 spiro atoms. The molecule has 26 heavy (non-hydrogen) atoms. The van der Waals surface area contributed by atoms with E-state index in [4.69, 9.17) is 0 Å². The number of nitrogens with one attached hydrogen (secondary N) is 1. The summed E-state index contributed by atoms with van der Waals surface area (Å²) in [6.07, 6.45) is 3.24. The molecule has 6 heteroatoms. The van der Waals surface area contributed by atoms with Gasteiger partial charge in [0.2, 0.25) is 0 Å². The molecule has 130 valence electrons. The lowest BCUT2D eigenvalue weighted by Gasteiger charge is -2.10. The third-order valence-electron chi connectivity index (χ3n) is 3.85. The number of hydrogen-bond donors (Lipinski definition) is 1. The lowest BCUT2D eigenvalue weighted by Crippen LogP contribution is -2.01.